The lowest BCUT2D eigenvalue weighted by Crippen LogP contribution is -1.73. The first-order chi connectivity index (χ1) is 5.68. The number of allylic oxidation sites excluding steroid dienone is 1. The molecule has 0 radical (unpaired) electrons. The molecule has 4 heteroatoms. The summed E-state index contributed by atoms with van der Waals surface area (Å²) in [6.07, 6.45) is 1.69. The van der Waals surface area contributed by atoms with Crippen LogP contribution in [0.4, 0.5) is 8.78 Å². The largest absolute Gasteiger partial charge is 0.266 e. The van der Waals surface area contributed by atoms with Gasteiger partial charge < -0.3 is 0 Å². The molecule has 0 rings (SSSR count). The predicted octanol–water partition coefficient (Wildman–Crippen LogP) is 3.86. The van der Waals surface area contributed by atoms with E-state index in [0.29, 0.717) is 6.42 Å². The molecule has 0 aliphatic heterocycles. The van der Waals surface area contributed by atoms with Gasteiger partial charge in [-0.15, -0.1) is 0 Å². The van der Waals surface area contributed by atoms with Crippen LogP contribution in [-0.2, 0) is 0 Å². The summed E-state index contributed by atoms with van der Waals surface area (Å²) in [6.45, 7) is 1.43. The van der Waals surface area contributed by atoms with Gasteiger partial charge in [0.25, 0.3) is 6.08 Å². The molecule has 0 saturated heterocycles. The molecular formula is C8H12BrF2N. The zero-order valence-corrected chi connectivity index (χ0v) is 8.57. The molecule has 0 fully saturated rings. The van der Waals surface area contributed by atoms with Crippen LogP contribution in [-0.4, -0.2) is 5.33 Å². The van der Waals surface area contributed by atoms with Crippen molar-refractivity contribution in [3.8, 4) is 6.07 Å². The third-order valence-electron chi connectivity index (χ3n) is 0.886. The molecule has 0 aromatic carbocycles. The summed E-state index contributed by atoms with van der Waals surface area (Å²) < 4.78 is 22.6. The molecule has 0 atom stereocenters. The molecule has 0 bridgehead atoms. The van der Waals surface area contributed by atoms with Crippen LogP contribution in [0.25, 0.3) is 0 Å². The highest BCUT2D eigenvalue weighted by Crippen LogP contribution is 2.04. The standard InChI is InChI=1S/C6H9BrF2.C2H3N/c7-5-3-1-2-4-6(8)9;1-2-3/h4H,1-3,5H2;1H3. The van der Waals surface area contributed by atoms with Crippen molar-refractivity contribution in [2.45, 2.75) is 26.2 Å². The van der Waals surface area contributed by atoms with E-state index in [4.69, 9.17) is 5.26 Å². The summed E-state index contributed by atoms with van der Waals surface area (Å²) in [5.41, 5.74) is 0. The molecule has 0 unspecified atom stereocenters. The monoisotopic (exact) mass is 239 g/mol. The molecule has 0 saturated carbocycles. The van der Waals surface area contributed by atoms with Gasteiger partial charge in [-0.25, -0.2) is 0 Å². The van der Waals surface area contributed by atoms with E-state index in [2.05, 4.69) is 15.9 Å². The van der Waals surface area contributed by atoms with Crippen molar-refractivity contribution < 1.29 is 8.78 Å². The number of hydrogen-bond donors (Lipinski definition) is 0. The third kappa shape index (κ3) is 22.7. The Morgan fingerprint density at radius 1 is 1.50 bits per heavy atom. The number of unbranched alkanes of at least 4 members (excludes halogenated alkanes) is 2. The van der Waals surface area contributed by atoms with E-state index in [1.165, 1.54) is 6.92 Å². The van der Waals surface area contributed by atoms with Crippen LogP contribution in [0, 0.1) is 11.3 Å². The van der Waals surface area contributed by atoms with Crippen LogP contribution in [0.2, 0.25) is 0 Å². The molecule has 0 amide bonds. The van der Waals surface area contributed by atoms with Gasteiger partial charge in [0.15, 0.2) is 0 Å². The van der Waals surface area contributed by atoms with Crippen LogP contribution >= 0.6 is 15.9 Å². The number of nitrogens with zero attached hydrogens (tertiary/aromatic N) is 1. The van der Waals surface area contributed by atoms with Crippen molar-refractivity contribution in [3.63, 3.8) is 0 Å². The number of nitriles is 1. The number of rotatable bonds is 4. The van der Waals surface area contributed by atoms with Crippen LogP contribution in [0.15, 0.2) is 12.2 Å². The molecule has 70 valence electrons. The van der Waals surface area contributed by atoms with Crippen LogP contribution in [0.1, 0.15) is 26.2 Å². The van der Waals surface area contributed by atoms with Crippen molar-refractivity contribution >= 4 is 15.9 Å². The van der Waals surface area contributed by atoms with Gasteiger partial charge >= 0.3 is 0 Å². The zero-order chi connectivity index (χ0) is 9.82. The molecule has 0 aromatic rings. The first-order valence-electron chi connectivity index (χ1n) is 3.57. The Morgan fingerprint density at radius 3 is 2.33 bits per heavy atom. The Kier molecular flexibility index (Phi) is 15.5. The van der Waals surface area contributed by atoms with Crippen molar-refractivity contribution in [2.75, 3.05) is 5.33 Å². The summed E-state index contributed by atoms with van der Waals surface area (Å²) in [6, 6.07) is 1.75. The maximum Gasteiger partial charge on any atom is 0.266 e. The normalized spacial score (nSPS) is 7.58. The Morgan fingerprint density at radius 2 is 2.00 bits per heavy atom. The van der Waals surface area contributed by atoms with E-state index in [9.17, 15) is 8.78 Å². The fourth-order valence-corrected chi connectivity index (χ4v) is 0.846. The molecule has 1 nitrogen and oxygen atoms in total. The van der Waals surface area contributed by atoms with Crippen molar-refractivity contribution in [3.05, 3.63) is 12.2 Å². The molecule has 0 aliphatic carbocycles. The maximum atomic E-state index is 11.3. The SMILES string of the molecule is CC#N.FC(F)=CCCCCBr. The van der Waals surface area contributed by atoms with Crippen LogP contribution in [0.3, 0.4) is 0 Å². The summed E-state index contributed by atoms with van der Waals surface area (Å²) >= 11 is 3.21. The van der Waals surface area contributed by atoms with Gasteiger partial charge in [-0.1, -0.05) is 15.9 Å². The Hall–Kier alpha value is -0.430. The molecule has 0 heterocycles. The average molecular weight is 240 g/mol. The predicted molar refractivity (Wildman–Crippen MR) is 49.2 cm³/mol. The highest BCUT2D eigenvalue weighted by molar-refractivity contribution is 9.09. The lowest BCUT2D eigenvalue weighted by Gasteiger charge is -1.88. The van der Waals surface area contributed by atoms with Gasteiger partial charge in [0, 0.05) is 12.3 Å². The lowest BCUT2D eigenvalue weighted by atomic mass is 10.2. The Labute approximate surface area is 80.2 Å². The minimum Gasteiger partial charge on any atom is -0.199 e. The molecule has 0 N–H and O–H groups in total. The zero-order valence-electron chi connectivity index (χ0n) is 6.99. The third-order valence-corrected chi connectivity index (χ3v) is 1.45. The lowest BCUT2D eigenvalue weighted by molar-refractivity contribution is 0.417. The molecule has 0 spiro atoms. The Balaban J connectivity index is 0. The van der Waals surface area contributed by atoms with Crippen molar-refractivity contribution in [1.82, 2.24) is 0 Å². The van der Waals surface area contributed by atoms with Gasteiger partial charge in [-0.3, -0.25) is 0 Å². The Bertz CT molecular complexity index is 148. The first-order valence-corrected chi connectivity index (χ1v) is 4.69. The highest BCUT2D eigenvalue weighted by Gasteiger charge is 1.87. The highest BCUT2D eigenvalue weighted by atomic mass is 79.9. The second-order valence-corrected chi connectivity index (χ2v) is 2.70. The van der Waals surface area contributed by atoms with Gasteiger partial charge in [0.1, 0.15) is 0 Å². The first kappa shape index (κ1) is 14.1. The van der Waals surface area contributed by atoms with Gasteiger partial charge in [0.2, 0.25) is 0 Å². The van der Waals surface area contributed by atoms with E-state index in [1.54, 1.807) is 6.07 Å². The van der Waals surface area contributed by atoms with Crippen LogP contribution in [0.5, 0.6) is 0 Å². The fourth-order valence-electron chi connectivity index (χ4n) is 0.450. The van der Waals surface area contributed by atoms with E-state index < -0.39 is 6.08 Å². The fraction of sp³-hybridized carbons (Fsp3) is 0.625. The smallest absolute Gasteiger partial charge is 0.199 e. The van der Waals surface area contributed by atoms with Crippen molar-refractivity contribution in [2.24, 2.45) is 0 Å². The van der Waals surface area contributed by atoms with Crippen LogP contribution < -0.4 is 0 Å². The number of halogens is 3. The minimum atomic E-state index is -1.57. The van der Waals surface area contributed by atoms with Gasteiger partial charge in [0.05, 0.1) is 6.07 Å². The number of hydrogen-bond acceptors (Lipinski definition) is 1. The quantitative estimate of drug-likeness (QED) is 0.540. The molecule has 12 heavy (non-hydrogen) atoms. The van der Waals surface area contributed by atoms with E-state index in [0.717, 1.165) is 24.2 Å². The summed E-state index contributed by atoms with van der Waals surface area (Å²) in [7, 11) is 0. The summed E-state index contributed by atoms with van der Waals surface area (Å²) in [4.78, 5) is 0. The topological polar surface area (TPSA) is 23.8 Å². The second-order valence-electron chi connectivity index (χ2n) is 1.90. The molecular weight excluding hydrogens is 228 g/mol. The number of alkyl halides is 1. The molecule has 0 aliphatic rings. The van der Waals surface area contributed by atoms with E-state index in [1.807, 2.05) is 0 Å². The van der Waals surface area contributed by atoms with E-state index >= 15 is 0 Å². The second kappa shape index (κ2) is 13.2. The maximum absolute atomic E-state index is 11.3. The molecule has 0 aromatic heterocycles. The van der Waals surface area contributed by atoms with Crippen molar-refractivity contribution in [1.29, 1.82) is 5.26 Å². The minimum absolute atomic E-state index is 0.494. The van der Waals surface area contributed by atoms with Gasteiger partial charge in [-0.2, -0.15) is 14.0 Å². The summed E-state index contributed by atoms with van der Waals surface area (Å²) in [5.74, 6) is 0. The average Bonchev–Trinajstić information content (AvgIpc) is 1.99. The van der Waals surface area contributed by atoms with E-state index in [-0.39, 0.29) is 0 Å². The van der Waals surface area contributed by atoms with Gasteiger partial charge in [-0.05, 0) is 25.3 Å². The summed E-state index contributed by atoms with van der Waals surface area (Å²) in [5, 5.41) is 8.22.